The highest BCUT2D eigenvalue weighted by Gasteiger charge is 2.12. The molecule has 5 nitrogen and oxygen atoms in total. The van der Waals surface area contributed by atoms with Crippen LogP contribution in [0.15, 0.2) is 46.1 Å². The van der Waals surface area contributed by atoms with Crippen molar-refractivity contribution in [1.82, 2.24) is 5.43 Å². The second-order valence-electron chi connectivity index (χ2n) is 6.48. The van der Waals surface area contributed by atoms with Crippen LogP contribution in [0, 0.1) is 6.92 Å². The van der Waals surface area contributed by atoms with Gasteiger partial charge in [-0.25, -0.2) is 5.43 Å². The standard InChI is InChI=1S/C20H25N3O2/c1-15(21-22-20(24)19-11-14-25-16(19)2)17-7-9-18(10-8-17)23-12-5-3-4-6-13-23/h7-11,14H,3-6,12-13H2,1-2H3,(H,22,24)/b21-15-. The van der Waals surface area contributed by atoms with Crippen LogP contribution in [0.5, 0.6) is 0 Å². The third-order valence-electron chi connectivity index (χ3n) is 4.68. The van der Waals surface area contributed by atoms with Crippen molar-refractivity contribution in [2.45, 2.75) is 39.5 Å². The fourth-order valence-electron chi connectivity index (χ4n) is 3.12. The van der Waals surface area contributed by atoms with Crippen LogP contribution in [-0.4, -0.2) is 24.7 Å². The van der Waals surface area contributed by atoms with E-state index >= 15 is 0 Å². The number of aryl methyl sites for hydroxylation is 1. The number of benzene rings is 1. The van der Waals surface area contributed by atoms with Crippen molar-refractivity contribution in [3.63, 3.8) is 0 Å². The molecule has 0 unspecified atom stereocenters. The van der Waals surface area contributed by atoms with Gasteiger partial charge in [-0.2, -0.15) is 5.10 Å². The molecule has 0 spiro atoms. The van der Waals surface area contributed by atoms with Crippen molar-refractivity contribution in [3.05, 3.63) is 53.5 Å². The predicted octanol–water partition coefficient (Wildman–Crippen LogP) is 4.12. The number of nitrogens with one attached hydrogen (secondary N) is 1. The molecule has 0 saturated carbocycles. The highest BCUT2D eigenvalue weighted by molar-refractivity contribution is 6.01. The number of nitrogens with zero attached hydrogens (tertiary/aromatic N) is 2. The summed E-state index contributed by atoms with van der Waals surface area (Å²) in [6.45, 7) is 5.91. The molecular weight excluding hydrogens is 314 g/mol. The topological polar surface area (TPSA) is 57.8 Å². The van der Waals surface area contributed by atoms with Gasteiger partial charge in [0.25, 0.3) is 5.91 Å². The maximum absolute atomic E-state index is 12.1. The third-order valence-corrected chi connectivity index (χ3v) is 4.68. The number of hydrazone groups is 1. The van der Waals surface area contributed by atoms with E-state index in [0.29, 0.717) is 11.3 Å². The molecular formula is C20H25N3O2. The fourth-order valence-corrected chi connectivity index (χ4v) is 3.12. The molecule has 1 aromatic heterocycles. The largest absolute Gasteiger partial charge is 0.469 e. The molecule has 1 aliphatic heterocycles. The number of anilines is 1. The monoisotopic (exact) mass is 339 g/mol. The summed E-state index contributed by atoms with van der Waals surface area (Å²) in [6.07, 6.45) is 6.69. The Balaban J connectivity index is 1.64. The average Bonchev–Trinajstić information content (AvgIpc) is 2.89. The van der Waals surface area contributed by atoms with Crippen LogP contribution >= 0.6 is 0 Å². The van der Waals surface area contributed by atoms with E-state index in [4.69, 9.17) is 4.42 Å². The van der Waals surface area contributed by atoms with Gasteiger partial charge < -0.3 is 9.32 Å². The van der Waals surface area contributed by atoms with E-state index in [9.17, 15) is 4.79 Å². The average molecular weight is 339 g/mol. The second kappa shape index (κ2) is 8.01. The minimum Gasteiger partial charge on any atom is -0.469 e. The molecule has 1 aromatic carbocycles. The van der Waals surface area contributed by atoms with Crippen LogP contribution in [-0.2, 0) is 0 Å². The summed E-state index contributed by atoms with van der Waals surface area (Å²) < 4.78 is 5.14. The van der Waals surface area contributed by atoms with Crippen LogP contribution in [0.3, 0.4) is 0 Å². The lowest BCUT2D eigenvalue weighted by Gasteiger charge is -2.22. The number of rotatable bonds is 4. The lowest BCUT2D eigenvalue weighted by Crippen LogP contribution is -2.23. The van der Waals surface area contributed by atoms with Gasteiger partial charge in [0.15, 0.2) is 0 Å². The van der Waals surface area contributed by atoms with Gasteiger partial charge in [0.2, 0.25) is 0 Å². The van der Waals surface area contributed by atoms with E-state index in [2.05, 4.69) is 39.7 Å². The van der Waals surface area contributed by atoms with Crippen LogP contribution in [0.2, 0.25) is 0 Å². The van der Waals surface area contributed by atoms with E-state index in [1.165, 1.54) is 37.6 Å². The quantitative estimate of drug-likeness (QED) is 0.673. The Kier molecular flexibility index (Phi) is 5.53. The summed E-state index contributed by atoms with van der Waals surface area (Å²) in [5.74, 6) is 0.332. The molecule has 1 saturated heterocycles. The molecule has 2 heterocycles. The van der Waals surface area contributed by atoms with Crippen molar-refractivity contribution in [1.29, 1.82) is 0 Å². The first kappa shape index (κ1) is 17.3. The summed E-state index contributed by atoms with van der Waals surface area (Å²) in [6, 6.07) is 10.1. The first-order chi connectivity index (χ1) is 12.1. The maximum Gasteiger partial charge on any atom is 0.274 e. The van der Waals surface area contributed by atoms with Crippen molar-refractivity contribution in [3.8, 4) is 0 Å². The lowest BCUT2D eigenvalue weighted by atomic mass is 10.1. The Morgan fingerprint density at radius 1 is 1.08 bits per heavy atom. The van der Waals surface area contributed by atoms with Gasteiger partial charge in [-0.05, 0) is 50.5 Å². The summed E-state index contributed by atoms with van der Waals surface area (Å²) >= 11 is 0. The SMILES string of the molecule is C/C(=N/NC(=O)c1ccoc1C)c1ccc(N2CCCCCC2)cc1. The molecule has 2 aromatic rings. The van der Waals surface area contributed by atoms with Gasteiger partial charge in [0, 0.05) is 18.8 Å². The van der Waals surface area contributed by atoms with E-state index in [1.54, 1.807) is 13.0 Å². The van der Waals surface area contributed by atoms with Gasteiger partial charge in [0.1, 0.15) is 5.76 Å². The Hall–Kier alpha value is -2.56. The molecule has 1 fully saturated rings. The number of furan rings is 1. The summed E-state index contributed by atoms with van der Waals surface area (Å²) in [7, 11) is 0. The van der Waals surface area contributed by atoms with Crippen LogP contribution in [0.25, 0.3) is 0 Å². The molecule has 1 aliphatic rings. The van der Waals surface area contributed by atoms with Crippen molar-refractivity contribution < 1.29 is 9.21 Å². The zero-order valence-electron chi connectivity index (χ0n) is 14.9. The number of carbonyl (C=O) groups excluding carboxylic acids is 1. The van der Waals surface area contributed by atoms with Crippen molar-refractivity contribution >= 4 is 17.3 Å². The Morgan fingerprint density at radius 2 is 1.76 bits per heavy atom. The molecule has 0 atom stereocenters. The van der Waals surface area contributed by atoms with E-state index < -0.39 is 0 Å². The van der Waals surface area contributed by atoms with Gasteiger partial charge >= 0.3 is 0 Å². The zero-order valence-corrected chi connectivity index (χ0v) is 14.9. The third kappa shape index (κ3) is 4.29. The highest BCUT2D eigenvalue weighted by Crippen LogP contribution is 2.20. The van der Waals surface area contributed by atoms with Gasteiger partial charge in [0.05, 0.1) is 17.5 Å². The minimum atomic E-state index is -0.258. The minimum absolute atomic E-state index is 0.258. The molecule has 5 heteroatoms. The number of hydrogen-bond acceptors (Lipinski definition) is 4. The number of hydrogen-bond donors (Lipinski definition) is 1. The molecule has 1 N–H and O–H groups in total. The smallest absolute Gasteiger partial charge is 0.274 e. The van der Waals surface area contributed by atoms with Crippen LogP contribution < -0.4 is 10.3 Å². The Bertz CT molecular complexity index is 739. The van der Waals surface area contributed by atoms with E-state index in [-0.39, 0.29) is 5.91 Å². The maximum atomic E-state index is 12.1. The molecule has 0 radical (unpaired) electrons. The van der Waals surface area contributed by atoms with Gasteiger partial charge in [-0.15, -0.1) is 0 Å². The molecule has 1 amide bonds. The van der Waals surface area contributed by atoms with Crippen LogP contribution in [0.1, 0.15) is 54.3 Å². The first-order valence-electron chi connectivity index (χ1n) is 8.89. The predicted molar refractivity (Wildman–Crippen MR) is 100 cm³/mol. The van der Waals surface area contributed by atoms with Crippen molar-refractivity contribution in [2.24, 2.45) is 5.10 Å². The second-order valence-corrected chi connectivity index (χ2v) is 6.48. The Morgan fingerprint density at radius 3 is 2.36 bits per heavy atom. The number of amides is 1. The van der Waals surface area contributed by atoms with E-state index in [1.807, 2.05) is 6.92 Å². The normalized spacial score (nSPS) is 15.8. The first-order valence-corrected chi connectivity index (χ1v) is 8.89. The molecule has 0 aliphatic carbocycles. The van der Waals surface area contributed by atoms with E-state index in [0.717, 1.165) is 24.4 Å². The highest BCUT2D eigenvalue weighted by atomic mass is 16.3. The number of carbonyl (C=O) groups is 1. The summed E-state index contributed by atoms with van der Waals surface area (Å²) in [4.78, 5) is 14.5. The zero-order chi connectivity index (χ0) is 17.6. The van der Waals surface area contributed by atoms with Crippen LogP contribution in [0.4, 0.5) is 5.69 Å². The molecule has 25 heavy (non-hydrogen) atoms. The van der Waals surface area contributed by atoms with Gasteiger partial charge in [-0.3, -0.25) is 4.79 Å². The van der Waals surface area contributed by atoms with Crippen molar-refractivity contribution in [2.75, 3.05) is 18.0 Å². The molecule has 132 valence electrons. The summed E-state index contributed by atoms with van der Waals surface area (Å²) in [5, 5.41) is 4.21. The molecule has 0 bridgehead atoms. The Labute approximate surface area is 148 Å². The fraction of sp³-hybridized carbons (Fsp3) is 0.400. The summed E-state index contributed by atoms with van der Waals surface area (Å²) in [5.41, 5.74) is 6.13. The van der Waals surface area contributed by atoms with Gasteiger partial charge in [-0.1, -0.05) is 25.0 Å². The lowest BCUT2D eigenvalue weighted by molar-refractivity contribution is 0.0953. The molecule has 3 rings (SSSR count).